The van der Waals surface area contributed by atoms with Gasteiger partial charge >= 0.3 is 0 Å². The summed E-state index contributed by atoms with van der Waals surface area (Å²) in [5.74, 6) is 0.897. The molecule has 1 aromatic rings. The zero-order valence-electron chi connectivity index (χ0n) is 9.78. The minimum absolute atomic E-state index is 0.669. The van der Waals surface area contributed by atoms with Crippen molar-refractivity contribution >= 4 is 0 Å². The number of aromatic nitrogens is 1. The van der Waals surface area contributed by atoms with E-state index < -0.39 is 0 Å². The first-order valence-corrected chi connectivity index (χ1v) is 6.52. The Hall–Kier alpha value is -0.800. The Morgan fingerprint density at radius 2 is 2.06 bits per heavy atom. The Morgan fingerprint density at radius 1 is 1.25 bits per heavy atom. The number of rotatable bonds is 3. The van der Waals surface area contributed by atoms with E-state index in [0.717, 1.165) is 19.0 Å². The van der Waals surface area contributed by atoms with E-state index in [1.165, 1.54) is 37.9 Å². The number of hydrogen-bond donors (Lipinski definition) is 2. The molecule has 1 unspecified atom stereocenters. The third-order valence-electron chi connectivity index (χ3n) is 4.10. The van der Waals surface area contributed by atoms with E-state index in [4.69, 9.17) is 0 Å². The molecule has 0 radical (unpaired) electrons. The molecule has 0 aromatic carbocycles. The highest BCUT2D eigenvalue weighted by molar-refractivity contribution is 5.16. The quantitative estimate of drug-likeness (QED) is 0.811. The van der Waals surface area contributed by atoms with Crippen molar-refractivity contribution in [3.05, 3.63) is 24.0 Å². The maximum Gasteiger partial charge on any atom is 0.0392 e. The summed E-state index contributed by atoms with van der Waals surface area (Å²) in [6, 6.07) is 2.92. The lowest BCUT2D eigenvalue weighted by molar-refractivity contribution is 0.0838. The molecule has 0 amide bonds. The summed E-state index contributed by atoms with van der Waals surface area (Å²) in [5.41, 5.74) is 1.49. The molecule has 3 heteroatoms. The van der Waals surface area contributed by atoms with Crippen LogP contribution < -0.4 is 5.32 Å². The number of hydrogen-bond acceptors (Lipinski definition) is 2. The standard InChI is InChI=1S/C13H21N3/c1-2-11(3-1)13(12-4-5-15-10-12)16-8-6-14-7-9-16/h4-5,10-11,13-15H,1-3,6-9H2. The maximum absolute atomic E-state index is 3.44. The van der Waals surface area contributed by atoms with Gasteiger partial charge in [-0.2, -0.15) is 0 Å². The van der Waals surface area contributed by atoms with Gasteiger partial charge < -0.3 is 10.3 Å². The first kappa shape index (κ1) is 10.4. The van der Waals surface area contributed by atoms with Crippen LogP contribution >= 0.6 is 0 Å². The van der Waals surface area contributed by atoms with Crippen molar-refractivity contribution in [2.75, 3.05) is 26.2 Å². The summed E-state index contributed by atoms with van der Waals surface area (Å²) in [7, 11) is 0. The molecule has 1 saturated heterocycles. The van der Waals surface area contributed by atoms with Crippen LogP contribution in [-0.2, 0) is 0 Å². The fourth-order valence-electron chi connectivity index (χ4n) is 3.02. The molecule has 0 spiro atoms. The predicted octanol–water partition coefficient (Wildman–Crippen LogP) is 1.76. The predicted molar refractivity (Wildman–Crippen MR) is 65.3 cm³/mol. The largest absolute Gasteiger partial charge is 0.367 e. The second-order valence-electron chi connectivity index (χ2n) is 5.07. The third-order valence-corrected chi connectivity index (χ3v) is 4.10. The fourth-order valence-corrected chi connectivity index (χ4v) is 3.02. The molecule has 2 aliphatic rings. The zero-order chi connectivity index (χ0) is 10.8. The van der Waals surface area contributed by atoms with Crippen LogP contribution in [0.5, 0.6) is 0 Å². The van der Waals surface area contributed by atoms with Crippen molar-refractivity contribution in [3.8, 4) is 0 Å². The van der Waals surface area contributed by atoms with Crippen molar-refractivity contribution in [1.82, 2.24) is 15.2 Å². The minimum atomic E-state index is 0.669. The van der Waals surface area contributed by atoms with Crippen molar-refractivity contribution in [2.45, 2.75) is 25.3 Å². The summed E-state index contributed by atoms with van der Waals surface area (Å²) in [6.45, 7) is 4.69. The average molecular weight is 219 g/mol. The molecule has 3 rings (SSSR count). The van der Waals surface area contributed by atoms with Gasteiger partial charge in [0.15, 0.2) is 0 Å². The number of aromatic amines is 1. The van der Waals surface area contributed by atoms with E-state index in [1.54, 1.807) is 0 Å². The molecule has 1 atom stereocenters. The first-order chi connectivity index (χ1) is 7.95. The SMILES string of the molecule is c1cc(C(C2CCC2)N2CCNCC2)c[nH]1. The summed E-state index contributed by atoms with van der Waals surface area (Å²) in [4.78, 5) is 5.88. The highest BCUT2D eigenvalue weighted by Gasteiger charge is 2.33. The Bertz CT molecular complexity index is 310. The van der Waals surface area contributed by atoms with Crippen LogP contribution in [0, 0.1) is 5.92 Å². The number of piperazine rings is 1. The Labute approximate surface area is 97.2 Å². The summed E-state index contributed by atoms with van der Waals surface area (Å²) in [5, 5.41) is 3.44. The molecule has 0 bridgehead atoms. The summed E-state index contributed by atoms with van der Waals surface area (Å²) in [6.07, 6.45) is 8.51. The van der Waals surface area contributed by atoms with E-state index in [-0.39, 0.29) is 0 Å². The van der Waals surface area contributed by atoms with Crippen molar-refractivity contribution < 1.29 is 0 Å². The Morgan fingerprint density at radius 3 is 2.62 bits per heavy atom. The minimum Gasteiger partial charge on any atom is -0.367 e. The molecular formula is C13H21N3. The van der Waals surface area contributed by atoms with Gasteiger partial charge in [-0.1, -0.05) is 6.42 Å². The van der Waals surface area contributed by atoms with Gasteiger partial charge in [0.1, 0.15) is 0 Å². The van der Waals surface area contributed by atoms with Crippen LogP contribution in [0.3, 0.4) is 0 Å². The zero-order valence-corrected chi connectivity index (χ0v) is 9.78. The van der Waals surface area contributed by atoms with Crippen LogP contribution in [0.25, 0.3) is 0 Å². The van der Waals surface area contributed by atoms with Crippen LogP contribution in [0.1, 0.15) is 30.9 Å². The Kier molecular flexibility index (Phi) is 2.98. The molecule has 2 heterocycles. The van der Waals surface area contributed by atoms with Crippen molar-refractivity contribution in [2.24, 2.45) is 5.92 Å². The highest BCUT2D eigenvalue weighted by Crippen LogP contribution is 2.41. The van der Waals surface area contributed by atoms with E-state index in [0.29, 0.717) is 6.04 Å². The summed E-state index contributed by atoms with van der Waals surface area (Å²) < 4.78 is 0. The van der Waals surface area contributed by atoms with Gasteiger partial charge in [-0.25, -0.2) is 0 Å². The fraction of sp³-hybridized carbons (Fsp3) is 0.692. The smallest absolute Gasteiger partial charge is 0.0392 e. The maximum atomic E-state index is 3.44. The summed E-state index contributed by atoms with van der Waals surface area (Å²) >= 11 is 0. The molecule has 1 saturated carbocycles. The number of nitrogens with zero attached hydrogens (tertiary/aromatic N) is 1. The van der Waals surface area contributed by atoms with Gasteiger partial charge in [-0.3, -0.25) is 4.90 Å². The van der Waals surface area contributed by atoms with Crippen LogP contribution in [0.2, 0.25) is 0 Å². The normalized spacial score (nSPS) is 25.2. The van der Waals surface area contributed by atoms with Crippen LogP contribution in [0.15, 0.2) is 18.5 Å². The lowest BCUT2D eigenvalue weighted by Crippen LogP contribution is -2.47. The first-order valence-electron chi connectivity index (χ1n) is 6.52. The van der Waals surface area contributed by atoms with Gasteiger partial charge in [0.05, 0.1) is 0 Å². The van der Waals surface area contributed by atoms with Crippen LogP contribution in [-0.4, -0.2) is 36.1 Å². The van der Waals surface area contributed by atoms with Crippen molar-refractivity contribution in [3.63, 3.8) is 0 Å². The molecule has 2 fully saturated rings. The Balaban J connectivity index is 1.77. The number of H-pyrrole nitrogens is 1. The third kappa shape index (κ3) is 1.89. The second-order valence-corrected chi connectivity index (χ2v) is 5.07. The number of nitrogens with one attached hydrogen (secondary N) is 2. The molecular weight excluding hydrogens is 198 g/mol. The molecule has 1 aromatic heterocycles. The average Bonchev–Trinajstić information content (AvgIpc) is 2.77. The van der Waals surface area contributed by atoms with E-state index in [2.05, 4.69) is 33.7 Å². The lowest BCUT2D eigenvalue weighted by atomic mass is 9.77. The van der Waals surface area contributed by atoms with E-state index in [1.807, 2.05) is 0 Å². The molecule has 3 nitrogen and oxygen atoms in total. The van der Waals surface area contributed by atoms with Gasteiger partial charge in [-0.05, 0) is 30.4 Å². The van der Waals surface area contributed by atoms with E-state index in [9.17, 15) is 0 Å². The monoisotopic (exact) mass is 219 g/mol. The van der Waals surface area contributed by atoms with Crippen molar-refractivity contribution in [1.29, 1.82) is 0 Å². The molecule has 2 N–H and O–H groups in total. The van der Waals surface area contributed by atoms with Gasteiger partial charge in [-0.15, -0.1) is 0 Å². The van der Waals surface area contributed by atoms with Gasteiger partial charge in [0.2, 0.25) is 0 Å². The molecule has 16 heavy (non-hydrogen) atoms. The lowest BCUT2D eigenvalue weighted by Gasteiger charge is -2.42. The molecule has 1 aliphatic heterocycles. The highest BCUT2D eigenvalue weighted by atomic mass is 15.2. The topological polar surface area (TPSA) is 31.1 Å². The second kappa shape index (κ2) is 4.60. The molecule has 1 aliphatic carbocycles. The van der Waals surface area contributed by atoms with Crippen LogP contribution in [0.4, 0.5) is 0 Å². The molecule has 88 valence electrons. The van der Waals surface area contributed by atoms with Gasteiger partial charge in [0, 0.05) is 44.6 Å². The van der Waals surface area contributed by atoms with E-state index >= 15 is 0 Å². The van der Waals surface area contributed by atoms with Gasteiger partial charge in [0.25, 0.3) is 0 Å².